The molecule has 0 fully saturated rings. The number of hydrogen-bond donors (Lipinski definition) is 2. The van der Waals surface area contributed by atoms with Crippen molar-refractivity contribution in [1.29, 1.82) is 0 Å². The number of aliphatic imine (C=N–C) groups is 1. The van der Waals surface area contributed by atoms with Crippen LogP contribution in [0, 0.1) is 5.41 Å². The molecule has 0 radical (unpaired) electrons. The van der Waals surface area contributed by atoms with E-state index in [4.69, 9.17) is 15.5 Å². The van der Waals surface area contributed by atoms with Gasteiger partial charge >= 0.3 is 5.97 Å². The van der Waals surface area contributed by atoms with Crippen molar-refractivity contribution in [3.8, 4) is 0 Å². The van der Waals surface area contributed by atoms with E-state index in [1.54, 1.807) is 11.8 Å². The molecule has 3 N–H and O–H groups in total. The smallest absolute Gasteiger partial charge is 0.331 e. The lowest BCUT2D eigenvalue weighted by Crippen LogP contribution is -2.34. The van der Waals surface area contributed by atoms with E-state index in [1.165, 1.54) is 10.6 Å². The Hall–Kier alpha value is -1.95. The van der Waals surface area contributed by atoms with Gasteiger partial charge in [0.2, 0.25) is 0 Å². The van der Waals surface area contributed by atoms with Crippen LogP contribution in [0.15, 0.2) is 39.9 Å². The van der Waals surface area contributed by atoms with E-state index in [-0.39, 0.29) is 11.4 Å². The molecule has 0 saturated carbocycles. The summed E-state index contributed by atoms with van der Waals surface area (Å²) in [6, 6.07) is 7.35. The fourth-order valence-corrected chi connectivity index (χ4v) is 4.32. The maximum Gasteiger partial charge on any atom is 0.331 e. The maximum atomic E-state index is 12.1. The van der Waals surface area contributed by atoms with Crippen LogP contribution in [0.25, 0.3) is 0 Å². The molecular formula is C19H25N3O2S. The zero-order valence-corrected chi connectivity index (χ0v) is 15.8. The van der Waals surface area contributed by atoms with E-state index < -0.39 is 6.04 Å². The Labute approximate surface area is 153 Å². The molecule has 1 aromatic rings. The van der Waals surface area contributed by atoms with Gasteiger partial charge in [0.1, 0.15) is 0 Å². The standard InChI is InChI=1S/C19H25N3O2S/c1-4-24-18(23)16-11-25-17-14(9-19(2,3)10-15(17)22-16)21-13-7-5-12(20)6-8-13/h5-8,16,21H,4,9-11,20H2,1-3H3. The number of ether oxygens (including phenoxy) is 1. The summed E-state index contributed by atoms with van der Waals surface area (Å²) < 4.78 is 5.14. The minimum Gasteiger partial charge on any atom is -0.464 e. The van der Waals surface area contributed by atoms with Gasteiger partial charge in [-0.1, -0.05) is 13.8 Å². The van der Waals surface area contributed by atoms with Crippen LogP contribution in [-0.2, 0) is 9.53 Å². The molecule has 134 valence electrons. The number of nitrogen functional groups attached to an aromatic ring is 1. The average molecular weight is 359 g/mol. The van der Waals surface area contributed by atoms with Crippen LogP contribution in [-0.4, -0.2) is 30.1 Å². The van der Waals surface area contributed by atoms with Gasteiger partial charge in [-0.05, 0) is 49.4 Å². The second kappa shape index (κ2) is 7.12. The number of thioether (sulfide) groups is 1. The molecule has 25 heavy (non-hydrogen) atoms. The van der Waals surface area contributed by atoms with Gasteiger partial charge in [0.05, 0.1) is 12.3 Å². The summed E-state index contributed by atoms with van der Waals surface area (Å²) in [7, 11) is 0. The number of allylic oxidation sites excluding steroid dienone is 2. The zero-order valence-electron chi connectivity index (χ0n) is 15.0. The SMILES string of the molecule is CCOC(=O)C1CSC2=C(Nc3ccc(N)cc3)CC(C)(C)CC2=N1. The van der Waals surface area contributed by atoms with Crippen molar-refractivity contribution in [1.82, 2.24) is 0 Å². The molecule has 5 nitrogen and oxygen atoms in total. The molecule has 1 unspecified atom stereocenters. The molecule has 3 rings (SSSR count). The first kappa shape index (κ1) is 17.9. The third-order valence-corrected chi connectivity index (χ3v) is 5.55. The molecule has 0 bridgehead atoms. The predicted octanol–water partition coefficient (Wildman–Crippen LogP) is 3.83. The van der Waals surface area contributed by atoms with Crippen molar-refractivity contribution in [3.05, 3.63) is 34.9 Å². The van der Waals surface area contributed by atoms with Crippen LogP contribution in [0.2, 0.25) is 0 Å². The number of carbonyl (C=O) groups excluding carboxylic acids is 1. The lowest BCUT2D eigenvalue weighted by Gasteiger charge is -2.36. The lowest BCUT2D eigenvalue weighted by atomic mass is 9.78. The van der Waals surface area contributed by atoms with Gasteiger partial charge in [-0.3, -0.25) is 4.99 Å². The predicted molar refractivity (Wildman–Crippen MR) is 105 cm³/mol. The summed E-state index contributed by atoms with van der Waals surface area (Å²) in [6.07, 6.45) is 1.82. The Bertz CT molecular complexity index is 723. The number of benzene rings is 1. The van der Waals surface area contributed by atoms with Gasteiger partial charge in [-0.25, -0.2) is 4.79 Å². The number of esters is 1. The molecular weight excluding hydrogens is 334 g/mol. The van der Waals surface area contributed by atoms with Crippen LogP contribution in [0.3, 0.4) is 0 Å². The van der Waals surface area contributed by atoms with Gasteiger partial charge in [0, 0.05) is 27.7 Å². The van der Waals surface area contributed by atoms with Crippen LogP contribution in [0.1, 0.15) is 33.6 Å². The number of nitrogens with zero attached hydrogens (tertiary/aromatic N) is 1. The Morgan fingerprint density at radius 1 is 1.36 bits per heavy atom. The highest BCUT2D eigenvalue weighted by molar-refractivity contribution is 8.04. The number of nitrogens with one attached hydrogen (secondary N) is 1. The molecule has 0 spiro atoms. The summed E-state index contributed by atoms with van der Waals surface area (Å²) in [5, 5.41) is 3.54. The van der Waals surface area contributed by atoms with Crippen LogP contribution in [0.4, 0.5) is 11.4 Å². The van der Waals surface area contributed by atoms with Crippen molar-refractivity contribution < 1.29 is 9.53 Å². The number of anilines is 2. The van der Waals surface area contributed by atoms with E-state index in [0.29, 0.717) is 12.4 Å². The molecule has 0 aromatic heterocycles. The molecule has 1 aliphatic heterocycles. The summed E-state index contributed by atoms with van der Waals surface area (Å²) in [5.74, 6) is 0.406. The first-order valence-corrected chi connectivity index (χ1v) is 9.59. The van der Waals surface area contributed by atoms with Crippen molar-refractivity contribution >= 4 is 34.8 Å². The van der Waals surface area contributed by atoms with Gasteiger partial charge in [0.25, 0.3) is 0 Å². The fraction of sp³-hybridized carbons (Fsp3) is 0.474. The van der Waals surface area contributed by atoms with E-state index in [2.05, 4.69) is 19.2 Å². The third-order valence-electron chi connectivity index (χ3n) is 4.30. The van der Waals surface area contributed by atoms with Gasteiger partial charge in [-0.2, -0.15) is 0 Å². The monoisotopic (exact) mass is 359 g/mol. The molecule has 0 amide bonds. The minimum atomic E-state index is -0.393. The second-order valence-corrected chi connectivity index (χ2v) is 8.26. The zero-order chi connectivity index (χ0) is 18.0. The highest BCUT2D eigenvalue weighted by Gasteiger charge is 2.36. The number of nitrogens with two attached hydrogens (primary N) is 1. The van der Waals surface area contributed by atoms with E-state index in [0.717, 1.165) is 29.9 Å². The van der Waals surface area contributed by atoms with Crippen molar-refractivity contribution in [2.24, 2.45) is 10.4 Å². The van der Waals surface area contributed by atoms with Gasteiger partial charge in [0.15, 0.2) is 6.04 Å². The highest BCUT2D eigenvalue weighted by Crippen LogP contribution is 2.43. The number of carbonyl (C=O) groups is 1. The average Bonchev–Trinajstić information content (AvgIpc) is 2.55. The number of rotatable bonds is 4. The lowest BCUT2D eigenvalue weighted by molar-refractivity contribution is -0.143. The Morgan fingerprint density at radius 3 is 2.76 bits per heavy atom. The number of hydrogen-bond acceptors (Lipinski definition) is 6. The van der Waals surface area contributed by atoms with Crippen molar-refractivity contribution in [3.63, 3.8) is 0 Å². The van der Waals surface area contributed by atoms with E-state index in [9.17, 15) is 4.79 Å². The highest BCUT2D eigenvalue weighted by atomic mass is 32.2. The third kappa shape index (κ3) is 4.18. The first-order valence-electron chi connectivity index (χ1n) is 8.60. The van der Waals surface area contributed by atoms with Crippen LogP contribution < -0.4 is 11.1 Å². The molecule has 1 atom stereocenters. The van der Waals surface area contributed by atoms with Crippen molar-refractivity contribution in [2.45, 2.75) is 39.7 Å². The Morgan fingerprint density at radius 2 is 2.08 bits per heavy atom. The molecule has 6 heteroatoms. The summed E-state index contributed by atoms with van der Waals surface area (Å²) in [4.78, 5) is 18.0. The molecule has 1 heterocycles. The number of fused-ring (bicyclic) bond motifs is 1. The summed E-state index contributed by atoms with van der Waals surface area (Å²) in [6.45, 7) is 6.68. The van der Waals surface area contributed by atoms with E-state index in [1.807, 2.05) is 31.2 Å². The molecule has 1 aliphatic carbocycles. The fourth-order valence-electron chi connectivity index (χ4n) is 3.19. The van der Waals surface area contributed by atoms with E-state index >= 15 is 0 Å². The maximum absolute atomic E-state index is 12.1. The second-order valence-electron chi connectivity index (χ2n) is 7.23. The quantitative estimate of drug-likeness (QED) is 0.631. The van der Waals surface area contributed by atoms with Gasteiger partial charge in [-0.15, -0.1) is 11.8 Å². The Balaban J connectivity index is 1.89. The summed E-state index contributed by atoms with van der Waals surface area (Å²) >= 11 is 1.70. The topological polar surface area (TPSA) is 76.7 Å². The van der Waals surface area contributed by atoms with Crippen molar-refractivity contribution in [2.75, 3.05) is 23.4 Å². The molecule has 1 aromatic carbocycles. The Kier molecular flexibility index (Phi) is 5.08. The molecule has 2 aliphatic rings. The largest absolute Gasteiger partial charge is 0.464 e. The van der Waals surface area contributed by atoms with Crippen LogP contribution >= 0.6 is 11.8 Å². The van der Waals surface area contributed by atoms with Gasteiger partial charge < -0.3 is 15.8 Å². The normalized spacial score (nSPS) is 22.0. The molecule has 0 saturated heterocycles. The first-order chi connectivity index (χ1) is 11.9. The minimum absolute atomic E-state index is 0.0928. The van der Waals surface area contributed by atoms with Crippen LogP contribution in [0.5, 0.6) is 0 Å². The summed E-state index contributed by atoms with van der Waals surface area (Å²) in [5.41, 5.74) is 9.82.